The molecule has 1 aromatic heterocycles. The number of hydrogen-bond donors (Lipinski definition) is 1. The number of nitrogens with zero attached hydrogens (tertiary/aromatic N) is 1. The Balaban J connectivity index is 1.97. The Labute approximate surface area is 133 Å². The van der Waals surface area contributed by atoms with Gasteiger partial charge in [0.1, 0.15) is 17.3 Å². The molecule has 0 aliphatic heterocycles. The molecule has 1 amide bonds. The zero-order valence-corrected chi connectivity index (χ0v) is 12.9. The van der Waals surface area contributed by atoms with Crippen LogP contribution in [0.4, 0.5) is 14.5 Å². The van der Waals surface area contributed by atoms with Crippen LogP contribution in [0.15, 0.2) is 30.3 Å². The lowest BCUT2D eigenvalue weighted by atomic mass is 10.2. The van der Waals surface area contributed by atoms with Crippen LogP contribution in [0.5, 0.6) is 0 Å². The van der Waals surface area contributed by atoms with Crippen molar-refractivity contribution in [2.24, 2.45) is 0 Å². The maximum Gasteiger partial charge on any atom is 0.276 e. The van der Waals surface area contributed by atoms with Crippen molar-refractivity contribution in [3.63, 3.8) is 0 Å². The van der Waals surface area contributed by atoms with Crippen molar-refractivity contribution < 1.29 is 13.6 Å². The second-order valence-electron chi connectivity index (χ2n) is 4.71. The normalized spacial score (nSPS) is 10.9. The Morgan fingerprint density at radius 2 is 2.05 bits per heavy atom. The zero-order chi connectivity index (χ0) is 15.9. The summed E-state index contributed by atoms with van der Waals surface area (Å²) in [7, 11) is 0. The highest BCUT2D eigenvalue weighted by molar-refractivity contribution is 7.13. The van der Waals surface area contributed by atoms with Gasteiger partial charge in [0.15, 0.2) is 0 Å². The van der Waals surface area contributed by atoms with E-state index < -0.39 is 17.5 Å². The van der Waals surface area contributed by atoms with Crippen LogP contribution < -0.4 is 5.32 Å². The fraction of sp³-hybridized carbons (Fsp3) is 0.0667. The van der Waals surface area contributed by atoms with Gasteiger partial charge in [0.2, 0.25) is 0 Å². The Hall–Kier alpha value is -2.05. The average molecular weight is 339 g/mol. The summed E-state index contributed by atoms with van der Waals surface area (Å²) in [5.41, 5.74) is 0.605. The zero-order valence-electron chi connectivity index (χ0n) is 11.3. The summed E-state index contributed by atoms with van der Waals surface area (Å²) < 4.78 is 31.6. The maximum absolute atomic E-state index is 13.6. The number of amides is 1. The van der Waals surface area contributed by atoms with E-state index in [1.54, 1.807) is 13.0 Å². The molecular formula is C15H9ClF2N2OS. The first kappa shape index (κ1) is 14.9. The highest BCUT2D eigenvalue weighted by Gasteiger charge is 2.17. The summed E-state index contributed by atoms with van der Waals surface area (Å²) in [6.07, 6.45) is 0. The van der Waals surface area contributed by atoms with Crippen LogP contribution in [0, 0.1) is 18.6 Å². The third-order valence-corrected chi connectivity index (χ3v) is 4.28. The summed E-state index contributed by atoms with van der Waals surface area (Å²) >= 11 is 7.08. The van der Waals surface area contributed by atoms with Crippen LogP contribution >= 0.6 is 23.1 Å². The lowest BCUT2D eigenvalue weighted by Gasteiger charge is -2.08. The number of fused-ring (bicyclic) bond motifs is 1. The van der Waals surface area contributed by atoms with E-state index in [0.717, 1.165) is 17.6 Å². The SMILES string of the molecule is Cc1cc(Cl)c(NC(=O)c2nsc3ccc(F)cc23)cc1F. The van der Waals surface area contributed by atoms with E-state index >= 15 is 0 Å². The molecule has 1 N–H and O–H groups in total. The third-order valence-electron chi connectivity index (χ3n) is 3.14. The molecular weight excluding hydrogens is 330 g/mol. The van der Waals surface area contributed by atoms with Crippen LogP contribution in [0.3, 0.4) is 0 Å². The molecule has 0 unspecified atom stereocenters. The molecule has 0 fully saturated rings. The molecule has 3 aromatic rings. The van der Waals surface area contributed by atoms with Gasteiger partial charge in [-0.05, 0) is 54.4 Å². The molecule has 1 heterocycles. The molecule has 0 aliphatic rings. The van der Waals surface area contributed by atoms with Crippen LogP contribution in [0.1, 0.15) is 16.1 Å². The Morgan fingerprint density at radius 3 is 2.82 bits per heavy atom. The standard InChI is InChI=1S/C15H9ClF2N2OS/c1-7-4-10(16)12(6-11(7)18)19-15(21)14-9-5-8(17)2-3-13(9)22-20-14/h2-6H,1H3,(H,19,21). The summed E-state index contributed by atoms with van der Waals surface area (Å²) in [4.78, 5) is 12.3. The lowest BCUT2D eigenvalue weighted by molar-refractivity contribution is 0.102. The van der Waals surface area contributed by atoms with Gasteiger partial charge in [0.05, 0.1) is 15.4 Å². The summed E-state index contributed by atoms with van der Waals surface area (Å²) in [6, 6.07) is 6.66. The van der Waals surface area contributed by atoms with Gasteiger partial charge in [-0.3, -0.25) is 4.79 Å². The maximum atomic E-state index is 13.6. The number of benzene rings is 2. The number of aromatic nitrogens is 1. The van der Waals surface area contributed by atoms with E-state index in [4.69, 9.17) is 11.6 Å². The Morgan fingerprint density at radius 1 is 1.27 bits per heavy atom. The van der Waals surface area contributed by atoms with E-state index in [0.29, 0.717) is 15.6 Å². The van der Waals surface area contributed by atoms with Crippen LogP contribution in [0.25, 0.3) is 10.1 Å². The van der Waals surface area contributed by atoms with Gasteiger partial charge in [-0.15, -0.1) is 0 Å². The molecule has 3 nitrogen and oxygen atoms in total. The van der Waals surface area contributed by atoms with E-state index in [1.165, 1.54) is 18.2 Å². The van der Waals surface area contributed by atoms with E-state index in [1.807, 2.05) is 0 Å². The molecule has 0 bridgehead atoms. The smallest absolute Gasteiger partial charge is 0.276 e. The lowest BCUT2D eigenvalue weighted by Crippen LogP contribution is -2.13. The number of anilines is 1. The Kier molecular flexibility index (Phi) is 3.80. The van der Waals surface area contributed by atoms with Crippen molar-refractivity contribution in [3.05, 3.63) is 58.2 Å². The second kappa shape index (κ2) is 5.62. The molecule has 3 rings (SSSR count). The summed E-state index contributed by atoms with van der Waals surface area (Å²) in [6.45, 7) is 1.57. The molecule has 0 spiro atoms. The highest BCUT2D eigenvalue weighted by Crippen LogP contribution is 2.28. The van der Waals surface area contributed by atoms with Gasteiger partial charge in [0, 0.05) is 5.39 Å². The number of carbonyl (C=O) groups excluding carboxylic acids is 1. The molecule has 22 heavy (non-hydrogen) atoms. The fourth-order valence-corrected chi connectivity index (χ4v) is 3.02. The van der Waals surface area contributed by atoms with Crippen LogP contribution in [-0.4, -0.2) is 10.3 Å². The first-order chi connectivity index (χ1) is 10.5. The van der Waals surface area contributed by atoms with Gasteiger partial charge >= 0.3 is 0 Å². The topological polar surface area (TPSA) is 42.0 Å². The van der Waals surface area contributed by atoms with Crippen molar-refractivity contribution in [2.75, 3.05) is 5.32 Å². The monoisotopic (exact) mass is 338 g/mol. The van der Waals surface area contributed by atoms with Crippen molar-refractivity contribution in [2.45, 2.75) is 6.92 Å². The molecule has 0 saturated carbocycles. The number of nitrogens with one attached hydrogen (secondary N) is 1. The number of carbonyl (C=O) groups is 1. The molecule has 7 heteroatoms. The summed E-state index contributed by atoms with van der Waals surface area (Å²) in [5, 5.41) is 3.13. The van der Waals surface area contributed by atoms with Crippen molar-refractivity contribution in [1.82, 2.24) is 4.37 Å². The quantitative estimate of drug-likeness (QED) is 0.730. The van der Waals surface area contributed by atoms with E-state index in [9.17, 15) is 13.6 Å². The van der Waals surface area contributed by atoms with Crippen molar-refractivity contribution in [1.29, 1.82) is 0 Å². The molecule has 0 aliphatic carbocycles. The number of aryl methyl sites for hydroxylation is 1. The predicted molar refractivity (Wildman–Crippen MR) is 83.7 cm³/mol. The molecule has 0 atom stereocenters. The first-order valence-electron chi connectivity index (χ1n) is 6.27. The van der Waals surface area contributed by atoms with Crippen molar-refractivity contribution in [3.8, 4) is 0 Å². The van der Waals surface area contributed by atoms with Gasteiger partial charge in [-0.1, -0.05) is 11.6 Å². The van der Waals surface area contributed by atoms with E-state index in [-0.39, 0.29) is 16.4 Å². The van der Waals surface area contributed by atoms with Crippen molar-refractivity contribution >= 4 is 44.8 Å². The largest absolute Gasteiger partial charge is 0.319 e. The second-order valence-corrected chi connectivity index (χ2v) is 5.92. The molecule has 112 valence electrons. The minimum Gasteiger partial charge on any atom is -0.319 e. The van der Waals surface area contributed by atoms with Gasteiger partial charge in [-0.2, -0.15) is 4.37 Å². The highest BCUT2D eigenvalue weighted by atomic mass is 35.5. The number of rotatable bonds is 2. The number of halogens is 3. The Bertz CT molecular complexity index is 895. The summed E-state index contributed by atoms with van der Waals surface area (Å²) in [5.74, 6) is -1.50. The average Bonchev–Trinajstić information content (AvgIpc) is 2.87. The van der Waals surface area contributed by atoms with Gasteiger partial charge in [-0.25, -0.2) is 8.78 Å². The van der Waals surface area contributed by atoms with Crippen LogP contribution in [0.2, 0.25) is 5.02 Å². The molecule has 0 radical (unpaired) electrons. The van der Waals surface area contributed by atoms with Gasteiger partial charge in [0.25, 0.3) is 5.91 Å². The first-order valence-corrected chi connectivity index (χ1v) is 7.43. The van der Waals surface area contributed by atoms with E-state index in [2.05, 4.69) is 9.69 Å². The predicted octanol–water partition coefficient (Wildman–Crippen LogP) is 4.79. The minimum absolute atomic E-state index is 0.0801. The third kappa shape index (κ3) is 2.67. The van der Waals surface area contributed by atoms with Gasteiger partial charge < -0.3 is 5.32 Å². The van der Waals surface area contributed by atoms with Crippen LogP contribution in [-0.2, 0) is 0 Å². The minimum atomic E-state index is -0.568. The number of hydrogen-bond acceptors (Lipinski definition) is 3. The fourth-order valence-electron chi connectivity index (χ4n) is 2.00. The molecule has 0 saturated heterocycles. The molecule has 2 aromatic carbocycles.